The Morgan fingerprint density at radius 2 is 2.06 bits per heavy atom. The molecule has 1 aromatic heterocycles. The molecule has 1 heterocycles. The van der Waals surface area contributed by atoms with E-state index in [1.165, 1.54) is 19.8 Å². The predicted molar refractivity (Wildman–Crippen MR) is 91.7 cm³/mol. The van der Waals surface area contributed by atoms with Crippen LogP contribution in [-0.4, -0.2) is 0 Å². The normalized spacial score (nSPS) is 12.8. The van der Waals surface area contributed by atoms with E-state index >= 15 is 0 Å². The molecule has 0 saturated heterocycles. The second-order valence-corrected chi connectivity index (χ2v) is 8.22. The third kappa shape index (κ3) is 3.26. The van der Waals surface area contributed by atoms with E-state index < -0.39 is 0 Å². The van der Waals surface area contributed by atoms with Crippen molar-refractivity contribution < 1.29 is 0 Å². The van der Waals surface area contributed by atoms with E-state index in [2.05, 4.69) is 73.5 Å². The Morgan fingerprint density at radius 1 is 1.35 bits per heavy atom. The lowest BCUT2D eigenvalue weighted by molar-refractivity contribution is 1.22. The number of alkyl halides is 1. The summed E-state index contributed by atoms with van der Waals surface area (Å²) in [6, 6.07) is 8.33. The summed E-state index contributed by atoms with van der Waals surface area (Å²) in [5, 5.41) is 0.805. The molecule has 0 radical (unpaired) electrons. The summed E-state index contributed by atoms with van der Waals surface area (Å²) in [5.74, 6) is 0. The highest BCUT2D eigenvalue weighted by atomic mass is 127. The van der Waals surface area contributed by atoms with Gasteiger partial charge in [0, 0.05) is 17.8 Å². The average Bonchev–Trinajstić information content (AvgIpc) is 2.62. The predicted octanol–water partition coefficient (Wildman–Crippen LogP) is 6.56. The highest BCUT2D eigenvalue weighted by Gasteiger charge is 2.15. The van der Waals surface area contributed by atoms with Crippen molar-refractivity contribution >= 4 is 77.4 Å². The van der Waals surface area contributed by atoms with Crippen molar-refractivity contribution in [1.82, 2.24) is 0 Å². The van der Waals surface area contributed by atoms with Crippen LogP contribution in [0.3, 0.4) is 0 Å². The summed E-state index contributed by atoms with van der Waals surface area (Å²) >= 11 is 17.4. The lowest BCUT2D eigenvalue weighted by Gasteiger charge is -2.09. The highest BCUT2D eigenvalue weighted by molar-refractivity contribution is 14.1. The van der Waals surface area contributed by atoms with E-state index in [4.69, 9.17) is 11.6 Å². The molecule has 0 saturated carbocycles. The number of rotatable bonds is 2. The molecule has 2 rings (SSSR count). The first-order valence-electron chi connectivity index (χ1n) is 4.84. The molecule has 0 amide bonds. The quantitative estimate of drug-likeness (QED) is 0.320. The van der Waals surface area contributed by atoms with Crippen LogP contribution in [0.1, 0.15) is 20.1 Å². The van der Waals surface area contributed by atoms with Gasteiger partial charge in [-0.05, 0) is 69.2 Å². The minimum Gasteiger partial charge on any atom is -0.143 e. The molecule has 1 aromatic carbocycles. The molecule has 0 aliphatic carbocycles. The maximum Gasteiger partial charge on any atom is 0.0739 e. The number of aryl methyl sites for hydroxylation is 1. The number of benzene rings is 1. The van der Waals surface area contributed by atoms with Gasteiger partial charge in [-0.25, -0.2) is 0 Å². The van der Waals surface area contributed by atoms with Crippen molar-refractivity contribution in [2.24, 2.45) is 0 Å². The van der Waals surface area contributed by atoms with Gasteiger partial charge in [-0.15, -0.1) is 11.3 Å². The second kappa shape index (κ2) is 5.90. The number of halogens is 4. The van der Waals surface area contributed by atoms with Crippen LogP contribution in [-0.2, 0) is 0 Å². The third-order valence-electron chi connectivity index (χ3n) is 2.36. The Balaban J connectivity index is 2.36. The van der Waals surface area contributed by atoms with Crippen molar-refractivity contribution in [3.05, 3.63) is 52.6 Å². The molecular weight excluding hydrogens is 498 g/mol. The summed E-state index contributed by atoms with van der Waals surface area (Å²) in [6.07, 6.45) is 0. The summed E-state index contributed by atoms with van der Waals surface area (Å²) in [4.78, 5) is 2.78. The van der Waals surface area contributed by atoms with Crippen molar-refractivity contribution in [2.45, 2.75) is 11.8 Å². The topological polar surface area (TPSA) is 0 Å². The van der Waals surface area contributed by atoms with Gasteiger partial charge >= 0.3 is 0 Å². The van der Waals surface area contributed by atoms with Crippen molar-refractivity contribution in [3.63, 3.8) is 0 Å². The average molecular weight is 506 g/mol. The van der Waals surface area contributed by atoms with E-state index in [1.54, 1.807) is 11.3 Å². The molecular formula is C12H8Br2ClIS. The fourth-order valence-corrected chi connectivity index (χ4v) is 4.23. The van der Waals surface area contributed by atoms with Crippen LogP contribution >= 0.6 is 77.4 Å². The van der Waals surface area contributed by atoms with Crippen molar-refractivity contribution in [1.29, 1.82) is 0 Å². The van der Waals surface area contributed by atoms with Gasteiger partial charge in [-0.3, -0.25) is 0 Å². The lowest BCUT2D eigenvalue weighted by Crippen LogP contribution is -1.90. The molecule has 90 valence electrons. The monoisotopic (exact) mass is 504 g/mol. The molecule has 1 atom stereocenters. The van der Waals surface area contributed by atoms with Gasteiger partial charge in [-0.1, -0.05) is 33.6 Å². The van der Waals surface area contributed by atoms with Crippen molar-refractivity contribution in [2.75, 3.05) is 0 Å². The van der Waals surface area contributed by atoms with Gasteiger partial charge in [0.25, 0.3) is 0 Å². The smallest absolute Gasteiger partial charge is 0.0739 e. The van der Waals surface area contributed by atoms with Gasteiger partial charge in [0.15, 0.2) is 0 Å². The zero-order valence-corrected chi connectivity index (χ0v) is 15.7. The van der Waals surface area contributed by atoms with Gasteiger partial charge < -0.3 is 0 Å². The maximum atomic E-state index is 6.15. The molecule has 17 heavy (non-hydrogen) atoms. The maximum absolute atomic E-state index is 6.15. The minimum absolute atomic E-state index is 0.201. The summed E-state index contributed by atoms with van der Waals surface area (Å²) in [6.45, 7) is 2.11. The molecule has 0 spiro atoms. The van der Waals surface area contributed by atoms with Crippen LogP contribution < -0.4 is 0 Å². The van der Waals surface area contributed by atoms with E-state index in [-0.39, 0.29) is 4.83 Å². The van der Waals surface area contributed by atoms with Gasteiger partial charge in [0.05, 0.1) is 9.85 Å². The summed E-state index contributed by atoms with van der Waals surface area (Å²) in [5.41, 5.74) is 1.18. The summed E-state index contributed by atoms with van der Waals surface area (Å²) in [7, 11) is 0. The Hall–Kier alpha value is 0.900. The number of thiophene rings is 1. The molecule has 0 aliphatic heterocycles. The Morgan fingerprint density at radius 3 is 2.59 bits per heavy atom. The summed E-state index contributed by atoms with van der Waals surface area (Å²) < 4.78 is 2.25. The van der Waals surface area contributed by atoms with Crippen LogP contribution in [0.4, 0.5) is 0 Å². The highest BCUT2D eigenvalue weighted by Crippen LogP contribution is 2.39. The molecule has 1 unspecified atom stereocenters. The van der Waals surface area contributed by atoms with Crippen LogP contribution in [0, 0.1) is 10.5 Å². The first-order chi connectivity index (χ1) is 7.99. The first kappa shape index (κ1) is 14.3. The molecule has 0 bridgehead atoms. The van der Waals surface area contributed by atoms with E-state index in [0.717, 1.165) is 8.59 Å². The standard InChI is InChI=1S/C12H8Br2ClIS/c1-6-8(13)5-11(17-6)12(14)7-2-3-10(16)9(15)4-7/h2-5,12H,1H3. The SMILES string of the molecule is Cc1sc(C(Br)c2ccc(I)c(Cl)c2)cc1Br. The van der Waals surface area contributed by atoms with E-state index in [0.29, 0.717) is 0 Å². The van der Waals surface area contributed by atoms with Crippen LogP contribution in [0.5, 0.6) is 0 Å². The molecule has 5 heteroatoms. The van der Waals surface area contributed by atoms with Crippen LogP contribution in [0.25, 0.3) is 0 Å². The Kier molecular flexibility index (Phi) is 4.97. The Labute approximate surface area is 140 Å². The van der Waals surface area contributed by atoms with Crippen LogP contribution in [0.15, 0.2) is 28.7 Å². The van der Waals surface area contributed by atoms with Gasteiger partial charge in [-0.2, -0.15) is 0 Å². The fraction of sp³-hybridized carbons (Fsp3) is 0.167. The van der Waals surface area contributed by atoms with Crippen LogP contribution in [0.2, 0.25) is 5.02 Å². The zero-order chi connectivity index (χ0) is 12.6. The Bertz CT molecular complexity index is 534. The minimum atomic E-state index is 0.201. The number of hydrogen-bond donors (Lipinski definition) is 0. The third-order valence-corrected chi connectivity index (χ3v) is 7.46. The molecule has 0 N–H and O–H groups in total. The zero-order valence-electron chi connectivity index (χ0n) is 8.81. The molecule has 0 fully saturated rings. The molecule has 2 aromatic rings. The first-order valence-corrected chi connectivity index (χ1v) is 8.82. The largest absolute Gasteiger partial charge is 0.143 e. The fourth-order valence-electron chi connectivity index (χ4n) is 1.44. The van der Waals surface area contributed by atoms with E-state index in [9.17, 15) is 0 Å². The lowest BCUT2D eigenvalue weighted by atomic mass is 10.1. The molecule has 0 nitrogen and oxygen atoms in total. The molecule has 0 aliphatic rings. The van der Waals surface area contributed by atoms with Gasteiger partial charge in [0.2, 0.25) is 0 Å². The second-order valence-electron chi connectivity index (χ2n) is 3.59. The van der Waals surface area contributed by atoms with Gasteiger partial charge in [0.1, 0.15) is 0 Å². The van der Waals surface area contributed by atoms with E-state index in [1.807, 2.05) is 12.1 Å². The number of hydrogen-bond acceptors (Lipinski definition) is 1. The van der Waals surface area contributed by atoms with Crippen molar-refractivity contribution in [3.8, 4) is 0 Å².